The van der Waals surface area contributed by atoms with Crippen molar-refractivity contribution in [3.8, 4) is 0 Å². The third kappa shape index (κ3) is 3.36. The van der Waals surface area contributed by atoms with Crippen LogP contribution in [-0.4, -0.2) is 35.0 Å². The van der Waals surface area contributed by atoms with Crippen LogP contribution in [0.1, 0.15) is 23.2 Å². The molecule has 1 atom stereocenters. The van der Waals surface area contributed by atoms with Crippen molar-refractivity contribution in [3.63, 3.8) is 0 Å². The standard InChI is InChI=1S/C16H17ClN4O/c17-14-10-19-8-5-15(14)21-9-1-2-13(11-21)20-16(22)12-3-6-18-7-4-12/h3-8,10,13H,1-2,9,11H2,(H,20,22). The Hall–Kier alpha value is -2.14. The molecule has 0 bridgehead atoms. The monoisotopic (exact) mass is 316 g/mol. The zero-order chi connectivity index (χ0) is 15.4. The van der Waals surface area contributed by atoms with Crippen LogP contribution in [0.4, 0.5) is 5.69 Å². The molecular formula is C16H17ClN4O. The summed E-state index contributed by atoms with van der Waals surface area (Å²) in [6, 6.07) is 5.46. The highest BCUT2D eigenvalue weighted by Crippen LogP contribution is 2.27. The van der Waals surface area contributed by atoms with Crippen molar-refractivity contribution in [2.24, 2.45) is 0 Å². The smallest absolute Gasteiger partial charge is 0.251 e. The van der Waals surface area contributed by atoms with E-state index in [2.05, 4.69) is 20.2 Å². The van der Waals surface area contributed by atoms with E-state index in [4.69, 9.17) is 11.6 Å². The van der Waals surface area contributed by atoms with Gasteiger partial charge in [-0.25, -0.2) is 0 Å². The molecule has 114 valence electrons. The summed E-state index contributed by atoms with van der Waals surface area (Å²) in [5.74, 6) is -0.0601. The van der Waals surface area contributed by atoms with Gasteiger partial charge in [0.1, 0.15) is 0 Å². The van der Waals surface area contributed by atoms with Crippen molar-refractivity contribution in [3.05, 3.63) is 53.6 Å². The summed E-state index contributed by atoms with van der Waals surface area (Å²) in [6.45, 7) is 1.69. The van der Waals surface area contributed by atoms with Crippen LogP contribution < -0.4 is 10.2 Å². The van der Waals surface area contributed by atoms with E-state index in [0.717, 1.165) is 31.6 Å². The Labute approximate surface area is 134 Å². The van der Waals surface area contributed by atoms with Gasteiger partial charge in [0.05, 0.1) is 10.7 Å². The number of piperidine rings is 1. The highest BCUT2D eigenvalue weighted by atomic mass is 35.5. The minimum atomic E-state index is -0.0601. The molecule has 5 nitrogen and oxygen atoms in total. The lowest BCUT2D eigenvalue weighted by molar-refractivity contribution is 0.0933. The molecule has 2 aromatic heterocycles. The van der Waals surface area contributed by atoms with Gasteiger partial charge >= 0.3 is 0 Å². The summed E-state index contributed by atoms with van der Waals surface area (Å²) >= 11 is 6.21. The molecule has 3 rings (SSSR count). The minimum Gasteiger partial charge on any atom is -0.368 e. The lowest BCUT2D eigenvalue weighted by Crippen LogP contribution is -2.47. The Morgan fingerprint density at radius 3 is 2.77 bits per heavy atom. The third-order valence-corrected chi connectivity index (χ3v) is 4.08. The fourth-order valence-electron chi connectivity index (χ4n) is 2.71. The van der Waals surface area contributed by atoms with Crippen LogP contribution in [0.2, 0.25) is 5.02 Å². The summed E-state index contributed by atoms with van der Waals surface area (Å²) in [6.07, 6.45) is 8.62. The van der Waals surface area contributed by atoms with Gasteiger partial charge in [0.2, 0.25) is 0 Å². The molecule has 0 aromatic carbocycles. The fraction of sp³-hybridized carbons (Fsp3) is 0.312. The highest BCUT2D eigenvalue weighted by molar-refractivity contribution is 6.33. The molecule has 3 heterocycles. The zero-order valence-corrected chi connectivity index (χ0v) is 12.8. The molecule has 1 saturated heterocycles. The van der Waals surface area contributed by atoms with E-state index in [1.165, 1.54) is 0 Å². The maximum atomic E-state index is 12.2. The zero-order valence-electron chi connectivity index (χ0n) is 12.1. The number of carbonyl (C=O) groups is 1. The molecule has 0 aliphatic carbocycles. The van der Waals surface area contributed by atoms with E-state index in [1.807, 2.05) is 6.07 Å². The number of rotatable bonds is 3. The van der Waals surface area contributed by atoms with Gasteiger partial charge in [-0.2, -0.15) is 0 Å². The topological polar surface area (TPSA) is 58.1 Å². The van der Waals surface area contributed by atoms with Crippen molar-refractivity contribution < 1.29 is 4.79 Å². The number of nitrogens with one attached hydrogen (secondary N) is 1. The number of hydrogen-bond acceptors (Lipinski definition) is 4. The van der Waals surface area contributed by atoms with Gasteiger partial charge < -0.3 is 10.2 Å². The van der Waals surface area contributed by atoms with Crippen LogP contribution >= 0.6 is 11.6 Å². The van der Waals surface area contributed by atoms with E-state index in [0.29, 0.717) is 10.6 Å². The summed E-state index contributed by atoms with van der Waals surface area (Å²) in [7, 11) is 0. The maximum absolute atomic E-state index is 12.2. The molecule has 0 spiro atoms. The maximum Gasteiger partial charge on any atom is 0.251 e. The minimum absolute atomic E-state index is 0.0601. The van der Waals surface area contributed by atoms with E-state index in [-0.39, 0.29) is 11.9 Å². The van der Waals surface area contributed by atoms with Crippen LogP contribution in [0.15, 0.2) is 43.0 Å². The first kappa shape index (κ1) is 14.8. The normalized spacial score (nSPS) is 18.0. The number of nitrogens with zero attached hydrogens (tertiary/aromatic N) is 3. The SMILES string of the molecule is O=C(NC1CCCN(c2ccncc2Cl)C1)c1ccncc1. The number of carbonyl (C=O) groups excluding carboxylic acids is 1. The first-order valence-corrected chi connectivity index (χ1v) is 7.67. The molecule has 0 saturated carbocycles. The van der Waals surface area contributed by atoms with Gasteiger partial charge in [-0.1, -0.05) is 11.6 Å². The van der Waals surface area contributed by atoms with Crippen molar-refractivity contribution in [1.29, 1.82) is 0 Å². The second-order valence-electron chi connectivity index (χ2n) is 5.32. The van der Waals surface area contributed by atoms with Crippen molar-refractivity contribution in [1.82, 2.24) is 15.3 Å². The molecule has 1 amide bonds. The number of halogens is 1. The van der Waals surface area contributed by atoms with Gasteiger partial charge in [-0.15, -0.1) is 0 Å². The molecule has 1 aliphatic rings. The van der Waals surface area contributed by atoms with Crippen LogP contribution in [0.25, 0.3) is 0 Å². The summed E-state index contributed by atoms with van der Waals surface area (Å²) in [4.78, 5) is 22.4. The van der Waals surface area contributed by atoms with Crippen LogP contribution in [0.5, 0.6) is 0 Å². The Kier molecular flexibility index (Phi) is 4.53. The quantitative estimate of drug-likeness (QED) is 0.945. The van der Waals surface area contributed by atoms with Crippen molar-refractivity contribution in [2.45, 2.75) is 18.9 Å². The van der Waals surface area contributed by atoms with E-state index < -0.39 is 0 Å². The number of anilines is 1. The lowest BCUT2D eigenvalue weighted by Gasteiger charge is -2.35. The Balaban J connectivity index is 1.66. The molecule has 2 aromatic rings. The first-order chi connectivity index (χ1) is 10.7. The predicted molar refractivity (Wildman–Crippen MR) is 86.2 cm³/mol. The number of aromatic nitrogens is 2. The van der Waals surface area contributed by atoms with E-state index >= 15 is 0 Å². The van der Waals surface area contributed by atoms with Crippen molar-refractivity contribution >= 4 is 23.2 Å². The van der Waals surface area contributed by atoms with E-state index in [1.54, 1.807) is 36.9 Å². The summed E-state index contributed by atoms with van der Waals surface area (Å²) < 4.78 is 0. The molecular weight excluding hydrogens is 300 g/mol. The van der Waals surface area contributed by atoms with Gasteiger partial charge in [0.25, 0.3) is 5.91 Å². The summed E-state index contributed by atoms with van der Waals surface area (Å²) in [5, 5.41) is 3.73. The molecule has 1 fully saturated rings. The molecule has 22 heavy (non-hydrogen) atoms. The average molecular weight is 317 g/mol. The molecule has 1 aliphatic heterocycles. The van der Waals surface area contributed by atoms with Crippen LogP contribution in [-0.2, 0) is 0 Å². The number of hydrogen-bond donors (Lipinski definition) is 1. The molecule has 6 heteroatoms. The van der Waals surface area contributed by atoms with Gasteiger partial charge in [-0.3, -0.25) is 14.8 Å². The largest absolute Gasteiger partial charge is 0.368 e. The van der Waals surface area contributed by atoms with Gasteiger partial charge in [-0.05, 0) is 31.0 Å². The van der Waals surface area contributed by atoms with Crippen LogP contribution in [0.3, 0.4) is 0 Å². The van der Waals surface area contributed by atoms with Crippen LogP contribution in [0, 0.1) is 0 Å². The highest BCUT2D eigenvalue weighted by Gasteiger charge is 2.23. The predicted octanol–water partition coefficient (Wildman–Crippen LogP) is 2.53. The fourth-order valence-corrected chi connectivity index (χ4v) is 2.95. The van der Waals surface area contributed by atoms with Gasteiger partial charge in [0, 0.05) is 49.5 Å². The Bertz CT molecular complexity index is 650. The number of pyridine rings is 2. The lowest BCUT2D eigenvalue weighted by atomic mass is 10.0. The third-order valence-electron chi connectivity index (χ3n) is 3.79. The second-order valence-corrected chi connectivity index (χ2v) is 5.73. The summed E-state index contributed by atoms with van der Waals surface area (Å²) in [5.41, 5.74) is 1.61. The second kappa shape index (κ2) is 6.75. The molecule has 1 N–H and O–H groups in total. The Morgan fingerprint density at radius 1 is 1.23 bits per heavy atom. The molecule has 1 unspecified atom stereocenters. The molecule has 0 radical (unpaired) electrons. The number of amides is 1. The Morgan fingerprint density at radius 2 is 2.00 bits per heavy atom. The van der Waals surface area contributed by atoms with Crippen molar-refractivity contribution in [2.75, 3.05) is 18.0 Å². The average Bonchev–Trinajstić information content (AvgIpc) is 2.56. The van der Waals surface area contributed by atoms with Gasteiger partial charge in [0.15, 0.2) is 0 Å². The van der Waals surface area contributed by atoms with E-state index in [9.17, 15) is 4.79 Å². The first-order valence-electron chi connectivity index (χ1n) is 7.29.